The second kappa shape index (κ2) is 6.43. The van der Waals surface area contributed by atoms with Gasteiger partial charge in [-0.1, -0.05) is 22.0 Å². The Morgan fingerprint density at radius 3 is 2.95 bits per heavy atom. The summed E-state index contributed by atoms with van der Waals surface area (Å²) in [6.45, 7) is 1.83. The number of hydrogen-bond acceptors (Lipinski definition) is 3. The fraction of sp³-hybridized carbons (Fsp3) is 0.214. The van der Waals surface area contributed by atoms with Crippen molar-refractivity contribution in [2.45, 2.75) is 13.0 Å². The Bertz CT molecular complexity index is 539. The first-order chi connectivity index (χ1) is 9.15. The van der Waals surface area contributed by atoms with E-state index < -0.39 is 0 Å². The third kappa shape index (κ3) is 4.13. The van der Waals surface area contributed by atoms with Crippen LogP contribution in [0.2, 0.25) is 0 Å². The molecule has 0 aliphatic heterocycles. The van der Waals surface area contributed by atoms with Gasteiger partial charge in [-0.2, -0.15) is 0 Å². The minimum absolute atomic E-state index is 0.0263. The largest absolute Gasteiger partial charge is 0.484 e. The Balaban J connectivity index is 1.82. The van der Waals surface area contributed by atoms with Gasteiger partial charge in [0.25, 0.3) is 5.91 Å². The van der Waals surface area contributed by atoms with E-state index in [9.17, 15) is 4.79 Å². The van der Waals surface area contributed by atoms with Crippen molar-refractivity contribution in [2.75, 3.05) is 6.61 Å². The number of carbonyl (C=O) groups is 1. The molecule has 0 spiro atoms. The third-order valence-electron chi connectivity index (χ3n) is 2.51. The van der Waals surface area contributed by atoms with Crippen molar-refractivity contribution in [3.05, 3.63) is 52.9 Å². The molecule has 2 rings (SSSR count). The summed E-state index contributed by atoms with van der Waals surface area (Å²) in [7, 11) is 0. The lowest BCUT2D eigenvalue weighted by atomic mass is 10.2. The zero-order chi connectivity index (χ0) is 13.7. The van der Waals surface area contributed by atoms with Crippen LogP contribution in [0.3, 0.4) is 0 Å². The summed E-state index contributed by atoms with van der Waals surface area (Å²) < 4.78 is 11.5. The van der Waals surface area contributed by atoms with Gasteiger partial charge in [-0.05, 0) is 37.3 Å². The van der Waals surface area contributed by atoms with Gasteiger partial charge < -0.3 is 14.5 Å². The number of rotatable bonds is 5. The minimum atomic E-state index is -0.191. The highest BCUT2D eigenvalue weighted by molar-refractivity contribution is 9.10. The summed E-state index contributed by atoms with van der Waals surface area (Å²) in [5.74, 6) is 1.18. The first kappa shape index (κ1) is 13.7. The topological polar surface area (TPSA) is 51.5 Å². The molecule has 0 aliphatic rings. The number of carbonyl (C=O) groups excluding carboxylic acids is 1. The van der Waals surface area contributed by atoms with Gasteiger partial charge in [-0.25, -0.2) is 0 Å². The van der Waals surface area contributed by atoms with E-state index in [0.29, 0.717) is 5.75 Å². The molecule has 0 saturated heterocycles. The van der Waals surface area contributed by atoms with Crippen LogP contribution in [0.4, 0.5) is 0 Å². The van der Waals surface area contributed by atoms with Gasteiger partial charge in [0.15, 0.2) is 6.61 Å². The number of amides is 1. The first-order valence-corrected chi connectivity index (χ1v) is 6.65. The summed E-state index contributed by atoms with van der Waals surface area (Å²) in [5, 5.41) is 2.80. The van der Waals surface area contributed by atoms with Gasteiger partial charge in [0, 0.05) is 4.47 Å². The van der Waals surface area contributed by atoms with E-state index in [1.165, 1.54) is 0 Å². The standard InChI is InChI=1S/C14H14BrNO3/c1-10(13-6-3-7-18-13)16-14(17)9-19-12-5-2-4-11(15)8-12/h2-8,10H,9H2,1H3,(H,16,17). The second-order valence-corrected chi connectivity index (χ2v) is 4.97. The molecule has 0 bridgehead atoms. The van der Waals surface area contributed by atoms with Crippen molar-refractivity contribution in [3.63, 3.8) is 0 Å². The van der Waals surface area contributed by atoms with Crippen molar-refractivity contribution in [1.82, 2.24) is 5.32 Å². The maximum atomic E-state index is 11.7. The van der Waals surface area contributed by atoms with Crippen molar-refractivity contribution >= 4 is 21.8 Å². The van der Waals surface area contributed by atoms with Crippen molar-refractivity contribution in [3.8, 4) is 5.75 Å². The second-order valence-electron chi connectivity index (χ2n) is 4.05. The summed E-state index contributed by atoms with van der Waals surface area (Å²) in [6, 6.07) is 10.8. The molecule has 0 saturated carbocycles. The van der Waals surface area contributed by atoms with Gasteiger partial charge in [-0.3, -0.25) is 4.79 Å². The van der Waals surface area contributed by atoms with Gasteiger partial charge >= 0.3 is 0 Å². The number of nitrogens with one attached hydrogen (secondary N) is 1. The zero-order valence-corrected chi connectivity index (χ0v) is 12.0. The van der Waals surface area contributed by atoms with Crippen molar-refractivity contribution < 1.29 is 13.9 Å². The molecule has 1 atom stereocenters. The minimum Gasteiger partial charge on any atom is -0.484 e. The average Bonchev–Trinajstić information content (AvgIpc) is 2.90. The highest BCUT2D eigenvalue weighted by atomic mass is 79.9. The molecular formula is C14H14BrNO3. The summed E-state index contributed by atoms with van der Waals surface area (Å²) in [5.41, 5.74) is 0. The van der Waals surface area contributed by atoms with E-state index in [2.05, 4.69) is 21.2 Å². The van der Waals surface area contributed by atoms with Crippen LogP contribution in [0, 0.1) is 0 Å². The summed E-state index contributed by atoms with van der Waals surface area (Å²) in [6.07, 6.45) is 1.58. The maximum absolute atomic E-state index is 11.7. The van der Waals surface area contributed by atoms with Crippen LogP contribution in [0.25, 0.3) is 0 Å². The van der Waals surface area contributed by atoms with Crippen LogP contribution in [-0.4, -0.2) is 12.5 Å². The molecule has 1 aromatic carbocycles. The normalized spacial score (nSPS) is 11.9. The predicted octanol–water partition coefficient (Wildman–Crippen LogP) is 3.30. The first-order valence-electron chi connectivity index (χ1n) is 5.86. The molecule has 1 aromatic heterocycles. The molecule has 1 unspecified atom stereocenters. The fourth-order valence-corrected chi connectivity index (χ4v) is 1.98. The highest BCUT2D eigenvalue weighted by Crippen LogP contribution is 2.17. The van der Waals surface area contributed by atoms with Crippen LogP contribution >= 0.6 is 15.9 Å². The molecule has 1 N–H and O–H groups in total. The maximum Gasteiger partial charge on any atom is 0.258 e. The monoisotopic (exact) mass is 323 g/mol. The number of benzene rings is 1. The molecule has 0 radical (unpaired) electrons. The Morgan fingerprint density at radius 2 is 2.26 bits per heavy atom. The number of hydrogen-bond donors (Lipinski definition) is 1. The van der Waals surface area contributed by atoms with E-state index in [1.807, 2.05) is 31.2 Å². The zero-order valence-electron chi connectivity index (χ0n) is 10.4. The average molecular weight is 324 g/mol. The van der Waals surface area contributed by atoms with E-state index >= 15 is 0 Å². The Morgan fingerprint density at radius 1 is 1.42 bits per heavy atom. The van der Waals surface area contributed by atoms with Crippen LogP contribution in [-0.2, 0) is 4.79 Å². The van der Waals surface area contributed by atoms with E-state index in [1.54, 1.807) is 18.4 Å². The Kier molecular flexibility index (Phi) is 4.63. The van der Waals surface area contributed by atoms with Crippen LogP contribution in [0.15, 0.2) is 51.6 Å². The number of ether oxygens (including phenoxy) is 1. The third-order valence-corrected chi connectivity index (χ3v) is 3.01. The van der Waals surface area contributed by atoms with Crippen LogP contribution in [0.5, 0.6) is 5.75 Å². The van der Waals surface area contributed by atoms with Crippen molar-refractivity contribution in [1.29, 1.82) is 0 Å². The smallest absolute Gasteiger partial charge is 0.258 e. The molecule has 1 amide bonds. The number of furan rings is 1. The Labute approximate surface area is 119 Å². The van der Waals surface area contributed by atoms with Gasteiger partial charge in [-0.15, -0.1) is 0 Å². The molecule has 2 aromatic rings. The van der Waals surface area contributed by atoms with Crippen LogP contribution < -0.4 is 10.1 Å². The lowest BCUT2D eigenvalue weighted by Gasteiger charge is -2.12. The fourth-order valence-electron chi connectivity index (χ4n) is 1.60. The molecular weight excluding hydrogens is 310 g/mol. The summed E-state index contributed by atoms with van der Waals surface area (Å²) >= 11 is 3.34. The predicted molar refractivity (Wildman–Crippen MR) is 74.9 cm³/mol. The van der Waals surface area contributed by atoms with E-state index in [0.717, 1.165) is 10.2 Å². The molecule has 0 fully saturated rings. The highest BCUT2D eigenvalue weighted by Gasteiger charge is 2.12. The molecule has 5 heteroatoms. The van der Waals surface area contributed by atoms with Crippen LogP contribution in [0.1, 0.15) is 18.7 Å². The molecule has 19 heavy (non-hydrogen) atoms. The quantitative estimate of drug-likeness (QED) is 0.918. The van der Waals surface area contributed by atoms with Gasteiger partial charge in [0.1, 0.15) is 11.5 Å². The molecule has 0 aliphatic carbocycles. The SMILES string of the molecule is CC(NC(=O)COc1cccc(Br)c1)c1ccco1. The van der Waals surface area contributed by atoms with Gasteiger partial charge in [0.05, 0.1) is 12.3 Å². The molecule has 4 nitrogen and oxygen atoms in total. The number of halogens is 1. The Hall–Kier alpha value is -1.75. The lowest BCUT2D eigenvalue weighted by Crippen LogP contribution is -2.31. The summed E-state index contributed by atoms with van der Waals surface area (Å²) in [4.78, 5) is 11.7. The van der Waals surface area contributed by atoms with Gasteiger partial charge in [0.2, 0.25) is 0 Å². The molecule has 1 heterocycles. The lowest BCUT2D eigenvalue weighted by molar-refractivity contribution is -0.123. The molecule has 100 valence electrons. The van der Waals surface area contributed by atoms with Crippen molar-refractivity contribution in [2.24, 2.45) is 0 Å². The van der Waals surface area contributed by atoms with E-state index in [4.69, 9.17) is 9.15 Å². The van der Waals surface area contributed by atoms with E-state index in [-0.39, 0.29) is 18.6 Å².